The van der Waals surface area contributed by atoms with Gasteiger partial charge in [0.25, 0.3) is 0 Å². The Hall–Kier alpha value is -1.68. The minimum atomic E-state index is -0.119. The zero-order chi connectivity index (χ0) is 11.5. The zero-order valence-electron chi connectivity index (χ0n) is 9.79. The standard InChI is InChI=1S/C12H17N3O/c1-13-9-6-4-5-8-7-10(14-2)12(15-3)16-11(8)9/h4-7,12-15H,1-3H3. The number of ether oxygens (including phenoxy) is 1. The molecule has 0 saturated carbocycles. The molecule has 0 spiro atoms. The first kappa shape index (κ1) is 10.8. The second-order valence-corrected chi connectivity index (χ2v) is 3.61. The fourth-order valence-corrected chi connectivity index (χ4v) is 1.84. The Morgan fingerprint density at radius 3 is 2.56 bits per heavy atom. The summed E-state index contributed by atoms with van der Waals surface area (Å²) in [5.41, 5.74) is 3.12. The van der Waals surface area contributed by atoms with Gasteiger partial charge >= 0.3 is 0 Å². The quantitative estimate of drug-likeness (QED) is 0.715. The predicted octanol–water partition coefficient (Wildman–Crippen LogP) is 1.23. The lowest BCUT2D eigenvalue weighted by Gasteiger charge is -2.28. The Morgan fingerprint density at radius 2 is 1.94 bits per heavy atom. The molecule has 16 heavy (non-hydrogen) atoms. The Kier molecular flexibility index (Phi) is 3.01. The van der Waals surface area contributed by atoms with Crippen LogP contribution < -0.4 is 20.7 Å². The van der Waals surface area contributed by atoms with Crippen LogP contribution in [0.3, 0.4) is 0 Å². The summed E-state index contributed by atoms with van der Waals surface area (Å²) in [6.07, 6.45) is 1.98. The van der Waals surface area contributed by atoms with Crippen molar-refractivity contribution in [2.24, 2.45) is 0 Å². The normalized spacial score (nSPS) is 18.2. The lowest BCUT2D eigenvalue weighted by molar-refractivity contribution is 0.200. The van der Waals surface area contributed by atoms with Crippen LogP contribution in [0.4, 0.5) is 5.69 Å². The van der Waals surface area contributed by atoms with E-state index in [4.69, 9.17) is 4.74 Å². The van der Waals surface area contributed by atoms with Gasteiger partial charge in [0, 0.05) is 19.7 Å². The zero-order valence-corrected chi connectivity index (χ0v) is 9.79. The van der Waals surface area contributed by atoms with E-state index in [1.807, 2.05) is 39.3 Å². The van der Waals surface area contributed by atoms with E-state index in [1.54, 1.807) is 0 Å². The molecule has 1 heterocycles. The van der Waals surface area contributed by atoms with Gasteiger partial charge in [0.05, 0.1) is 11.4 Å². The van der Waals surface area contributed by atoms with Gasteiger partial charge < -0.3 is 15.4 Å². The lowest BCUT2D eigenvalue weighted by atomic mass is 10.1. The van der Waals surface area contributed by atoms with Crippen LogP contribution in [0.1, 0.15) is 5.56 Å². The fraction of sp³-hybridized carbons (Fsp3) is 0.333. The van der Waals surface area contributed by atoms with E-state index < -0.39 is 0 Å². The van der Waals surface area contributed by atoms with E-state index in [9.17, 15) is 0 Å². The van der Waals surface area contributed by atoms with Crippen LogP contribution >= 0.6 is 0 Å². The summed E-state index contributed by atoms with van der Waals surface area (Å²) in [5.74, 6) is 0.892. The smallest absolute Gasteiger partial charge is 0.190 e. The number of rotatable bonds is 3. The minimum Gasteiger partial charge on any atom is -0.467 e. The largest absolute Gasteiger partial charge is 0.467 e. The molecular formula is C12H17N3O. The molecule has 0 aliphatic carbocycles. The highest BCUT2D eigenvalue weighted by Crippen LogP contribution is 2.34. The van der Waals surface area contributed by atoms with Gasteiger partial charge in [0.1, 0.15) is 0 Å². The number of para-hydroxylation sites is 1. The number of benzene rings is 1. The molecule has 0 bridgehead atoms. The van der Waals surface area contributed by atoms with Crippen LogP contribution in [0.2, 0.25) is 0 Å². The molecule has 3 N–H and O–H groups in total. The molecule has 0 radical (unpaired) electrons. The second kappa shape index (κ2) is 4.45. The van der Waals surface area contributed by atoms with Crippen molar-refractivity contribution < 1.29 is 4.74 Å². The van der Waals surface area contributed by atoms with Gasteiger partial charge in [-0.05, 0) is 19.2 Å². The van der Waals surface area contributed by atoms with Crippen molar-refractivity contribution in [2.45, 2.75) is 6.23 Å². The van der Waals surface area contributed by atoms with Crippen molar-refractivity contribution >= 4 is 11.8 Å². The van der Waals surface area contributed by atoms with Crippen LogP contribution in [0.25, 0.3) is 6.08 Å². The monoisotopic (exact) mass is 219 g/mol. The molecule has 1 unspecified atom stereocenters. The third kappa shape index (κ3) is 1.72. The molecule has 1 aromatic rings. The van der Waals surface area contributed by atoms with Gasteiger partial charge in [-0.1, -0.05) is 12.1 Å². The molecule has 86 valence electrons. The van der Waals surface area contributed by atoms with E-state index in [-0.39, 0.29) is 6.23 Å². The van der Waals surface area contributed by atoms with E-state index in [0.717, 1.165) is 22.7 Å². The maximum absolute atomic E-state index is 5.90. The predicted molar refractivity (Wildman–Crippen MR) is 66.5 cm³/mol. The van der Waals surface area contributed by atoms with Crippen molar-refractivity contribution in [1.82, 2.24) is 10.6 Å². The molecule has 1 aromatic carbocycles. The van der Waals surface area contributed by atoms with Gasteiger partial charge in [0.2, 0.25) is 0 Å². The topological polar surface area (TPSA) is 45.3 Å². The van der Waals surface area contributed by atoms with E-state index >= 15 is 0 Å². The highest BCUT2D eigenvalue weighted by atomic mass is 16.5. The second-order valence-electron chi connectivity index (χ2n) is 3.61. The van der Waals surface area contributed by atoms with Crippen molar-refractivity contribution in [3.8, 4) is 5.75 Å². The van der Waals surface area contributed by atoms with Crippen LogP contribution in [0.15, 0.2) is 23.9 Å². The molecular weight excluding hydrogens is 202 g/mol. The molecule has 1 aliphatic heterocycles. The Balaban J connectivity index is 2.46. The van der Waals surface area contributed by atoms with Crippen molar-refractivity contribution in [3.63, 3.8) is 0 Å². The summed E-state index contributed by atoms with van der Waals surface area (Å²) < 4.78 is 5.90. The minimum absolute atomic E-state index is 0.119. The fourth-order valence-electron chi connectivity index (χ4n) is 1.84. The first-order chi connectivity index (χ1) is 7.80. The molecule has 4 nitrogen and oxygen atoms in total. The average molecular weight is 219 g/mol. The van der Waals surface area contributed by atoms with Crippen molar-refractivity contribution in [1.29, 1.82) is 0 Å². The number of nitrogens with one attached hydrogen (secondary N) is 3. The van der Waals surface area contributed by atoms with Crippen LogP contribution in [0.5, 0.6) is 5.75 Å². The molecule has 0 aromatic heterocycles. The molecule has 0 fully saturated rings. The third-order valence-electron chi connectivity index (χ3n) is 2.69. The Morgan fingerprint density at radius 1 is 1.12 bits per heavy atom. The van der Waals surface area contributed by atoms with Crippen LogP contribution in [0, 0.1) is 0 Å². The summed E-state index contributed by atoms with van der Waals surface area (Å²) in [6.45, 7) is 0. The summed E-state index contributed by atoms with van der Waals surface area (Å²) in [7, 11) is 5.67. The molecule has 0 saturated heterocycles. The van der Waals surface area contributed by atoms with Crippen LogP contribution in [-0.4, -0.2) is 27.4 Å². The summed E-state index contributed by atoms with van der Waals surface area (Å²) >= 11 is 0. The SMILES string of the molecule is CNC1=Cc2cccc(NC)c2OC1NC. The third-order valence-corrected chi connectivity index (χ3v) is 2.69. The average Bonchev–Trinajstić information content (AvgIpc) is 2.36. The van der Waals surface area contributed by atoms with E-state index in [1.165, 1.54) is 0 Å². The number of hydrogen-bond acceptors (Lipinski definition) is 4. The maximum atomic E-state index is 5.90. The van der Waals surface area contributed by atoms with Crippen molar-refractivity contribution in [2.75, 3.05) is 26.5 Å². The highest BCUT2D eigenvalue weighted by molar-refractivity contribution is 5.72. The number of hydrogen-bond donors (Lipinski definition) is 3. The Labute approximate surface area is 95.7 Å². The molecule has 1 aliphatic rings. The van der Waals surface area contributed by atoms with Gasteiger partial charge in [-0.25, -0.2) is 0 Å². The number of anilines is 1. The first-order valence-corrected chi connectivity index (χ1v) is 5.34. The van der Waals surface area contributed by atoms with Gasteiger partial charge in [-0.3, -0.25) is 5.32 Å². The number of fused-ring (bicyclic) bond motifs is 1. The van der Waals surface area contributed by atoms with Gasteiger partial charge in [-0.2, -0.15) is 0 Å². The van der Waals surface area contributed by atoms with Crippen molar-refractivity contribution in [3.05, 3.63) is 29.5 Å². The van der Waals surface area contributed by atoms with E-state index in [2.05, 4.69) is 22.0 Å². The van der Waals surface area contributed by atoms with E-state index in [0.29, 0.717) is 0 Å². The molecule has 2 rings (SSSR count). The van der Waals surface area contributed by atoms with Gasteiger partial charge in [0.15, 0.2) is 12.0 Å². The van der Waals surface area contributed by atoms with Crippen LogP contribution in [-0.2, 0) is 0 Å². The van der Waals surface area contributed by atoms with Gasteiger partial charge in [-0.15, -0.1) is 0 Å². The lowest BCUT2D eigenvalue weighted by Crippen LogP contribution is -2.39. The summed E-state index contributed by atoms with van der Waals surface area (Å²) in [4.78, 5) is 0. The number of likely N-dealkylation sites (N-methyl/N-ethyl adjacent to an activating group) is 2. The summed E-state index contributed by atoms with van der Waals surface area (Å²) in [6, 6.07) is 6.06. The first-order valence-electron chi connectivity index (χ1n) is 5.34. The maximum Gasteiger partial charge on any atom is 0.190 e. The molecule has 0 amide bonds. The molecule has 4 heteroatoms. The summed E-state index contributed by atoms with van der Waals surface area (Å²) in [5, 5.41) is 9.38. The highest BCUT2D eigenvalue weighted by Gasteiger charge is 2.22. The molecule has 1 atom stereocenters. The Bertz CT molecular complexity index is 415.